The molecule has 0 radical (unpaired) electrons. The first kappa shape index (κ1) is 10.3. The Labute approximate surface area is 72.3 Å². The third-order valence-corrected chi connectivity index (χ3v) is 1.77. The van der Waals surface area contributed by atoms with Crippen molar-refractivity contribution in [2.45, 2.75) is 25.2 Å². The predicted octanol–water partition coefficient (Wildman–Crippen LogP) is 1.41. The van der Waals surface area contributed by atoms with Gasteiger partial charge in [0.2, 0.25) is 5.91 Å². The molecule has 1 aliphatic rings. The van der Waals surface area contributed by atoms with Crippen LogP contribution in [-0.4, -0.2) is 24.8 Å². The van der Waals surface area contributed by atoms with Crippen LogP contribution in [0.25, 0.3) is 0 Å². The maximum Gasteiger partial charge on any atom is 0.324 e. The highest BCUT2D eigenvalue weighted by molar-refractivity contribution is 5.80. The Bertz CT molecular complexity index is 203. The van der Waals surface area contributed by atoms with E-state index in [-0.39, 0.29) is 5.92 Å². The van der Waals surface area contributed by atoms with E-state index in [1.165, 1.54) is 0 Å². The molecule has 76 valence electrons. The Morgan fingerprint density at radius 1 is 1.46 bits per heavy atom. The number of hydrogen-bond donors (Lipinski definition) is 1. The number of alkyl halides is 4. The lowest BCUT2D eigenvalue weighted by Crippen LogP contribution is -2.41. The van der Waals surface area contributed by atoms with Crippen LogP contribution in [0.3, 0.4) is 0 Å². The summed E-state index contributed by atoms with van der Waals surface area (Å²) in [6, 6.07) is 0. The molecule has 1 fully saturated rings. The molecule has 0 bridgehead atoms. The van der Waals surface area contributed by atoms with Gasteiger partial charge in [-0.2, -0.15) is 8.78 Å². The van der Waals surface area contributed by atoms with Gasteiger partial charge in [0.1, 0.15) is 0 Å². The standard InChI is InChI=1S/C7H9F4NO/c8-6(9)7(10,11)3-12-5(13)4-1-2-4/h4,6H,1-3H2,(H,12,13). The highest BCUT2D eigenvalue weighted by Gasteiger charge is 2.42. The van der Waals surface area contributed by atoms with Crippen molar-refractivity contribution in [2.75, 3.05) is 6.54 Å². The molecule has 1 N–H and O–H groups in total. The van der Waals surface area contributed by atoms with E-state index in [4.69, 9.17) is 0 Å². The van der Waals surface area contributed by atoms with Crippen molar-refractivity contribution < 1.29 is 22.4 Å². The van der Waals surface area contributed by atoms with Crippen LogP contribution < -0.4 is 5.32 Å². The number of amides is 1. The third-order valence-electron chi connectivity index (χ3n) is 1.77. The maximum atomic E-state index is 12.2. The first-order chi connectivity index (χ1) is 5.93. The zero-order valence-electron chi connectivity index (χ0n) is 6.70. The Hall–Kier alpha value is -0.810. The third kappa shape index (κ3) is 2.86. The topological polar surface area (TPSA) is 29.1 Å². The molecule has 0 aliphatic heterocycles. The minimum atomic E-state index is -4.12. The second kappa shape index (κ2) is 3.51. The van der Waals surface area contributed by atoms with Crippen LogP contribution in [0, 0.1) is 5.92 Å². The van der Waals surface area contributed by atoms with E-state index in [1.54, 1.807) is 5.32 Å². The molecule has 0 heterocycles. The number of rotatable bonds is 4. The van der Waals surface area contributed by atoms with E-state index in [9.17, 15) is 22.4 Å². The van der Waals surface area contributed by atoms with Gasteiger partial charge in [0, 0.05) is 5.92 Å². The molecular weight excluding hydrogens is 190 g/mol. The van der Waals surface area contributed by atoms with Crippen LogP contribution in [-0.2, 0) is 4.79 Å². The molecule has 0 aromatic rings. The quantitative estimate of drug-likeness (QED) is 0.681. The summed E-state index contributed by atoms with van der Waals surface area (Å²) >= 11 is 0. The van der Waals surface area contributed by atoms with Crippen LogP contribution >= 0.6 is 0 Å². The van der Waals surface area contributed by atoms with Gasteiger partial charge >= 0.3 is 12.3 Å². The maximum absolute atomic E-state index is 12.2. The number of carbonyl (C=O) groups excluding carboxylic acids is 1. The fraction of sp³-hybridized carbons (Fsp3) is 0.857. The van der Waals surface area contributed by atoms with Crippen LogP contribution in [0.15, 0.2) is 0 Å². The fourth-order valence-electron chi connectivity index (χ4n) is 0.772. The zero-order valence-corrected chi connectivity index (χ0v) is 6.70. The van der Waals surface area contributed by atoms with E-state index in [0.717, 1.165) is 0 Å². The minimum absolute atomic E-state index is 0.242. The van der Waals surface area contributed by atoms with Crippen molar-refractivity contribution in [3.05, 3.63) is 0 Å². The van der Waals surface area contributed by atoms with Gasteiger partial charge in [-0.1, -0.05) is 0 Å². The zero-order chi connectivity index (χ0) is 10.1. The number of hydrogen-bond acceptors (Lipinski definition) is 1. The molecule has 2 nitrogen and oxygen atoms in total. The van der Waals surface area contributed by atoms with Gasteiger partial charge in [0.05, 0.1) is 6.54 Å². The van der Waals surface area contributed by atoms with Crippen molar-refractivity contribution in [1.29, 1.82) is 0 Å². The second-order valence-electron chi connectivity index (χ2n) is 3.05. The lowest BCUT2D eigenvalue weighted by Gasteiger charge is -2.15. The largest absolute Gasteiger partial charge is 0.350 e. The Kier molecular flexibility index (Phi) is 2.77. The van der Waals surface area contributed by atoms with Crippen LogP contribution in [0.1, 0.15) is 12.8 Å². The summed E-state index contributed by atoms with van der Waals surface area (Å²) in [6.07, 6.45) is -2.41. The highest BCUT2D eigenvalue weighted by atomic mass is 19.3. The second-order valence-corrected chi connectivity index (χ2v) is 3.05. The number of carbonyl (C=O) groups is 1. The van der Waals surface area contributed by atoms with Crippen molar-refractivity contribution in [1.82, 2.24) is 5.32 Å². The van der Waals surface area contributed by atoms with Gasteiger partial charge < -0.3 is 5.32 Å². The van der Waals surface area contributed by atoms with Gasteiger partial charge in [-0.3, -0.25) is 4.79 Å². The Morgan fingerprint density at radius 3 is 2.38 bits per heavy atom. The molecule has 1 saturated carbocycles. The van der Waals surface area contributed by atoms with Crippen molar-refractivity contribution >= 4 is 5.91 Å². The lowest BCUT2D eigenvalue weighted by atomic mass is 10.3. The van der Waals surface area contributed by atoms with Gasteiger partial charge in [0.15, 0.2) is 0 Å². The van der Waals surface area contributed by atoms with E-state index < -0.39 is 24.8 Å². The van der Waals surface area contributed by atoms with Crippen molar-refractivity contribution in [3.8, 4) is 0 Å². The molecular formula is C7H9F4NO. The fourth-order valence-corrected chi connectivity index (χ4v) is 0.772. The SMILES string of the molecule is O=C(NCC(F)(F)C(F)F)C1CC1. The first-order valence-electron chi connectivity index (χ1n) is 3.87. The number of nitrogens with one attached hydrogen (secondary N) is 1. The van der Waals surface area contributed by atoms with Gasteiger partial charge in [0.25, 0.3) is 0 Å². The van der Waals surface area contributed by atoms with Crippen LogP contribution in [0.2, 0.25) is 0 Å². The lowest BCUT2D eigenvalue weighted by molar-refractivity contribution is -0.137. The normalized spacial score (nSPS) is 17.6. The summed E-state index contributed by atoms with van der Waals surface area (Å²) in [7, 11) is 0. The van der Waals surface area contributed by atoms with E-state index in [0.29, 0.717) is 12.8 Å². The summed E-state index contributed by atoms with van der Waals surface area (Å²) in [4.78, 5) is 10.8. The van der Waals surface area contributed by atoms with Crippen LogP contribution in [0.4, 0.5) is 17.6 Å². The van der Waals surface area contributed by atoms with Gasteiger partial charge in [-0.15, -0.1) is 0 Å². The molecule has 1 rings (SSSR count). The van der Waals surface area contributed by atoms with E-state index in [2.05, 4.69) is 0 Å². The van der Waals surface area contributed by atoms with Crippen molar-refractivity contribution in [3.63, 3.8) is 0 Å². The molecule has 0 spiro atoms. The minimum Gasteiger partial charge on any atom is -0.350 e. The molecule has 1 amide bonds. The molecule has 13 heavy (non-hydrogen) atoms. The predicted molar refractivity (Wildman–Crippen MR) is 36.7 cm³/mol. The summed E-state index contributed by atoms with van der Waals surface area (Å²) in [6.45, 7) is -1.28. The Morgan fingerprint density at radius 2 is 2.00 bits per heavy atom. The van der Waals surface area contributed by atoms with E-state index >= 15 is 0 Å². The average molecular weight is 199 g/mol. The van der Waals surface area contributed by atoms with Crippen molar-refractivity contribution in [2.24, 2.45) is 5.92 Å². The molecule has 0 aromatic heterocycles. The smallest absolute Gasteiger partial charge is 0.324 e. The average Bonchev–Trinajstić information content (AvgIpc) is 2.82. The summed E-state index contributed by atoms with van der Waals surface area (Å²) in [5.41, 5.74) is 0. The molecule has 0 aromatic carbocycles. The van der Waals surface area contributed by atoms with E-state index in [1.807, 2.05) is 0 Å². The number of halogens is 4. The summed E-state index contributed by atoms with van der Waals surface area (Å²) in [5.74, 6) is -4.92. The van der Waals surface area contributed by atoms with Gasteiger partial charge in [-0.05, 0) is 12.8 Å². The van der Waals surface area contributed by atoms with Crippen LogP contribution in [0.5, 0.6) is 0 Å². The summed E-state index contributed by atoms with van der Waals surface area (Å²) < 4.78 is 47.6. The molecule has 0 atom stereocenters. The first-order valence-corrected chi connectivity index (χ1v) is 3.87. The molecule has 0 unspecified atom stereocenters. The highest BCUT2D eigenvalue weighted by Crippen LogP contribution is 2.29. The monoisotopic (exact) mass is 199 g/mol. The Balaban J connectivity index is 2.27. The summed E-state index contributed by atoms with van der Waals surface area (Å²) in [5, 5.41) is 1.80. The molecule has 1 aliphatic carbocycles. The molecule has 0 saturated heterocycles. The van der Waals surface area contributed by atoms with Gasteiger partial charge in [-0.25, -0.2) is 8.78 Å². The molecule has 6 heteroatoms.